The molecule has 5 nitrogen and oxygen atoms in total. The van der Waals surface area contributed by atoms with Crippen molar-refractivity contribution in [1.29, 1.82) is 0 Å². The maximum Gasteiger partial charge on any atom is 0.0797 e. The summed E-state index contributed by atoms with van der Waals surface area (Å²) in [7, 11) is 0. The van der Waals surface area contributed by atoms with Crippen LogP contribution in [0.1, 0.15) is 40.0 Å². The number of nitrogens with two attached hydrogens (primary N) is 3. The summed E-state index contributed by atoms with van der Waals surface area (Å²) >= 11 is 0. The summed E-state index contributed by atoms with van der Waals surface area (Å²) in [5.41, 5.74) is 17.0. The van der Waals surface area contributed by atoms with E-state index in [2.05, 4.69) is 31.1 Å². The molecule has 106 valence electrons. The van der Waals surface area contributed by atoms with Gasteiger partial charge < -0.3 is 22.5 Å². The Kier molecular flexibility index (Phi) is 5.13. The molecule has 3 atom stereocenters. The Balaban J connectivity index is 2.45. The molecule has 0 aromatic carbocycles. The molecule has 7 N–H and O–H groups in total. The molecule has 0 spiro atoms. The molecule has 5 heteroatoms. The summed E-state index contributed by atoms with van der Waals surface area (Å²) < 4.78 is 0. The summed E-state index contributed by atoms with van der Waals surface area (Å²) in [4.78, 5) is 4.10. The van der Waals surface area contributed by atoms with E-state index in [9.17, 15) is 0 Å². The van der Waals surface area contributed by atoms with E-state index in [1.165, 1.54) is 6.34 Å². The van der Waals surface area contributed by atoms with Gasteiger partial charge in [-0.1, -0.05) is 6.42 Å². The third kappa shape index (κ3) is 3.67. The highest BCUT2D eigenvalue weighted by atomic mass is 15.2. The predicted octanol–water partition coefficient (Wildman–Crippen LogP) is 0.186. The molecule has 1 aliphatic carbocycles. The molecule has 0 amide bonds. The number of unbranched alkanes of at least 4 members (excludes halogenated alkanes) is 1. The van der Waals surface area contributed by atoms with Gasteiger partial charge in [0.15, 0.2) is 0 Å². The number of hydrogen-bond acceptors (Lipinski definition) is 4. The van der Waals surface area contributed by atoms with E-state index in [0.717, 1.165) is 25.8 Å². The average molecular weight is 255 g/mol. The van der Waals surface area contributed by atoms with Gasteiger partial charge in [-0.25, -0.2) is 0 Å². The zero-order chi connectivity index (χ0) is 13.8. The molecule has 0 aromatic heterocycles. The topological polar surface area (TPSA) is 102 Å². The van der Waals surface area contributed by atoms with Crippen LogP contribution in [-0.4, -0.2) is 36.5 Å². The fourth-order valence-electron chi connectivity index (χ4n) is 2.79. The summed E-state index contributed by atoms with van der Waals surface area (Å²) in [6.07, 6.45) is 4.69. The van der Waals surface area contributed by atoms with Crippen molar-refractivity contribution < 1.29 is 0 Å². The lowest BCUT2D eigenvalue weighted by Gasteiger charge is -2.31. The van der Waals surface area contributed by atoms with Crippen molar-refractivity contribution in [2.24, 2.45) is 28.1 Å². The van der Waals surface area contributed by atoms with Crippen LogP contribution in [0.4, 0.5) is 0 Å². The van der Waals surface area contributed by atoms with E-state index >= 15 is 0 Å². The number of nitrogens with one attached hydrogen (secondary N) is 1. The van der Waals surface area contributed by atoms with Crippen molar-refractivity contribution in [3.05, 3.63) is 0 Å². The second-order valence-corrected chi connectivity index (χ2v) is 6.18. The van der Waals surface area contributed by atoms with Crippen LogP contribution in [0, 0.1) is 5.92 Å². The first-order chi connectivity index (χ1) is 8.37. The maximum absolute atomic E-state index is 6.15. The summed E-state index contributed by atoms with van der Waals surface area (Å²) in [5.74, 6) is 0.381. The van der Waals surface area contributed by atoms with Crippen LogP contribution in [0.3, 0.4) is 0 Å². The minimum atomic E-state index is -0.0152. The van der Waals surface area contributed by atoms with Crippen molar-refractivity contribution >= 4 is 6.34 Å². The standard InChI is InChI=1S/C13H29N5/c1-12(2,6-4-5-7-14)18-13(3)10(11(13)16)8-17-9-15/h9-11,18H,4-8,14,16H2,1-3H3,(H2,15,17). The van der Waals surface area contributed by atoms with Gasteiger partial charge in [0.25, 0.3) is 0 Å². The van der Waals surface area contributed by atoms with Crippen LogP contribution in [0.2, 0.25) is 0 Å². The van der Waals surface area contributed by atoms with Crippen molar-refractivity contribution in [2.45, 2.75) is 57.2 Å². The average Bonchev–Trinajstić information content (AvgIpc) is 2.76. The van der Waals surface area contributed by atoms with Gasteiger partial charge in [0, 0.05) is 29.6 Å². The summed E-state index contributed by atoms with van der Waals surface area (Å²) in [5, 5.41) is 3.69. The van der Waals surface area contributed by atoms with Gasteiger partial charge in [-0.2, -0.15) is 0 Å². The largest absolute Gasteiger partial charge is 0.390 e. The first kappa shape index (κ1) is 15.4. The lowest BCUT2D eigenvalue weighted by molar-refractivity contribution is 0.290. The lowest BCUT2D eigenvalue weighted by atomic mass is 9.95. The molecule has 1 aliphatic rings. The second kappa shape index (κ2) is 5.99. The van der Waals surface area contributed by atoms with Crippen molar-refractivity contribution in [1.82, 2.24) is 5.32 Å². The molecule has 1 fully saturated rings. The highest BCUT2D eigenvalue weighted by Crippen LogP contribution is 2.43. The van der Waals surface area contributed by atoms with Crippen LogP contribution in [0.5, 0.6) is 0 Å². The van der Waals surface area contributed by atoms with Gasteiger partial charge in [-0.15, -0.1) is 0 Å². The van der Waals surface area contributed by atoms with Crippen LogP contribution in [0.25, 0.3) is 0 Å². The SMILES string of the molecule is CC(C)(CCCCN)NC1(C)C(N)C1CN=CN. The molecular formula is C13H29N5. The second-order valence-electron chi connectivity index (χ2n) is 6.18. The quantitative estimate of drug-likeness (QED) is 0.282. The molecule has 0 aromatic rings. The Morgan fingerprint density at radius 3 is 2.61 bits per heavy atom. The van der Waals surface area contributed by atoms with E-state index < -0.39 is 0 Å². The summed E-state index contributed by atoms with van der Waals surface area (Å²) in [6, 6.07) is 0.162. The summed E-state index contributed by atoms with van der Waals surface area (Å²) in [6.45, 7) is 8.10. The fourth-order valence-corrected chi connectivity index (χ4v) is 2.79. The third-order valence-corrected chi connectivity index (χ3v) is 4.06. The molecule has 1 rings (SSSR count). The first-order valence-electron chi connectivity index (χ1n) is 6.82. The third-order valence-electron chi connectivity index (χ3n) is 4.06. The van der Waals surface area contributed by atoms with E-state index in [-0.39, 0.29) is 17.1 Å². The highest BCUT2D eigenvalue weighted by molar-refractivity contribution is 5.51. The molecule has 0 saturated heterocycles. The molecular weight excluding hydrogens is 226 g/mol. The predicted molar refractivity (Wildman–Crippen MR) is 77.5 cm³/mol. The van der Waals surface area contributed by atoms with Gasteiger partial charge >= 0.3 is 0 Å². The minimum Gasteiger partial charge on any atom is -0.390 e. The number of rotatable bonds is 8. The van der Waals surface area contributed by atoms with Crippen molar-refractivity contribution in [3.8, 4) is 0 Å². The number of hydrogen-bond donors (Lipinski definition) is 4. The molecule has 0 heterocycles. The van der Waals surface area contributed by atoms with Gasteiger partial charge in [0.1, 0.15) is 0 Å². The van der Waals surface area contributed by atoms with Gasteiger partial charge in [-0.3, -0.25) is 4.99 Å². The Bertz CT molecular complexity index is 289. The Labute approximate surface area is 111 Å². The minimum absolute atomic E-state index is 0.0152. The fraction of sp³-hybridized carbons (Fsp3) is 0.923. The smallest absolute Gasteiger partial charge is 0.0797 e. The maximum atomic E-state index is 6.15. The number of aliphatic imine (C=N–C) groups is 1. The molecule has 1 saturated carbocycles. The molecule has 0 aliphatic heterocycles. The van der Waals surface area contributed by atoms with Gasteiger partial charge in [0.2, 0.25) is 0 Å². The van der Waals surface area contributed by atoms with E-state index in [4.69, 9.17) is 17.2 Å². The van der Waals surface area contributed by atoms with E-state index in [1.807, 2.05) is 0 Å². The van der Waals surface area contributed by atoms with Gasteiger partial charge in [-0.05, 0) is 40.2 Å². The first-order valence-corrected chi connectivity index (χ1v) is 6.82. The highest BCUT2D eigenvalue weighted by Gasteiger charge is 2.60. The molecule has 3 unspecified atom stereocenters. The zero-order valence-corrected chi connectivity index (χ0v) is 11.9. The molecule has 18 heavy (non-hydrogen) atoms. The van der Waals surface area contributed by atoms with Gasteiger partial charge in [0.05, 0.1) is 6.34 Å². The van der Waals surface area contributed by atoms with Crippen molar-refractivity contribution in [3.63, 3.8) is 0 Å². The van der Waals surface area contributed by atoms with Crippen molar-refractivity contribution in [2.75, 3.05) is 13.1 Å². The van der Waals surface area contributed by atoms with Crippen LogP contribution < -0.4 is 22.5 Å². The Hall–Kier alpha value is -0.650. The number of nitrogens with zero attached hydrogens (tertiary/aromatic N) is 1. The van der Waals surface area contributed by atoms with E-state index in [1.54, 1.807) is 0 Å². The molecule has 0 bridgehead atoms. The van der Waals surface area contributed by atoms with Crippen LogP contribution >= 0.6 is 0 Å². The molecule has 0 radical (unpaired) electrons. The Morgan fingerprint density at radius 1 is 1.39 bits per heavy atom. The van der Waals surface area contributed by atoms with Crippen LogP contribution in [-0.2, 0) is 0 Å². The zero-order valence-electron chi connectivity index (χ0n) is 11.9. The monoisotopic (exact) mass is 255 g/mol. The normalized spacial score (nSPS) is 32.1. The lowest BCUT2D eigenvalue weighted by Crippen LogP contribution is -2.49. The van der Waals surface area contributed by atoms with Crippen LogP contribution in [0.15, 0.2) is 4.99 Å². The Morgan fingerprint density at radius 2 is 2.06 bits per heavy atom. The van der Waals surface area contributed by atoms with E-state index in [0.29, 0.717) is 12.5 Å².